The third-order valence-electron chi connectivity index (χ3n) is 4.96. The van der Waals surface area contributed by atoms with Crippen molar-refractivity contribution in [1.82, 2.24) is 4.90 Å². The van der Waals surface area contributed by atoms with Crippen molar-refractivity contribution >= 4 is 11.7 Å². The average Bonchev–Trinajstić information content (AvgIpc) is 2.76. The molecule has 31 heavy (non-hydrogen) atoms. The minimum absolute atomic E-state index is 0.154. The topological polar surface area (TPSA) is 23.6 Å². The lowest BCUT2D eigenvalue weighted by molar-refractivity contribution is -0.137. The monoisotopic (exact) mass is 430 g/mol. The normalized spacial score (nSPS) is 10.9. The maximum Gasteiger partial charge on any atom is 0.416 e. The molecule has 6 heteroatoms. The molecule has 2 amide bonds. The number of anilines is 1. The zero-order valence-corrected chi connectivity index (χ0v) is 18.3. The third-order valence-corrected chi connectivity index (χ3v) is 4.96. The molecule has 0 fully saturated rings. The van der Waals surface area contributed by atoms with Crippen LogP contribution in [0.15, 0.2) is 48.5 Å². The van der Waals surface area contributed by atoms with E-state index in [9.17, 15) is 18.0 Å². The summed E-state index contributed by atoms with van der Waals surface area (Å²) in [5.41, 5.74) is 1.29. The zero-order valence-electron chi connectivity index (χ0n) is 18.3. The van der Waals surface area contributed by atoms with Crippen LogP contribution >= 0.6 is 0 Å². The number of urea groups is 1. The lowest BCUT2D eigenvalue weighted by atomic mass is 10.1. The van der Waals surface area contributed by atoms with E-state index in [0.717, 1.165) is 37.0 Å². The first-order valence-electron chi connectivity index (χ1n) is 10.6. The van der Waals surface area contributed by atoms with Crippen LogP contribution in [0.2, 0.25) is 0 Å². The highest BCUT2D eigenvalue weighted by Crippen LogP contribution is 2.30. The van der Waals surface area contributed by atoms with E-state index in [1.54, 1.807) is 9.80 Å². The van der Waals surface area contributed by atoms with Crippen LogP contribution in [0, 0.1) is 11.8 Å². The highest BCUT2D eigenvalue weighted by Gasteiger charge is 2.30. The van der Waals surface area contributed by atoms with E-state index in [4.69, 9.17) is 0 Å². The van der Waals surface area contributed by atoms with Gasteiger partial charge in [-0.2, -0.15) is 13.2 Å². The first-order chi connectivity index (χ1) is 14.8. The molecule has 0 bridgehead atoms. The predicted octanol–water partition coefficient (Wildman–Crippen LogP) is 6.72. The lowest BCUT2D eigenvalue weighted by Crippen LogP contribution is -2.43. The van der Waals surface area contributed by atoms with Crippen LogP contribution in [0.25, 0.3) is 0 Å². The first-order valence-corrected chi connectivity index (χ1v) is 10.6. The highest BCUT2D eigenvalue weighted by atomic mass is 19.4. The number of hydrogen-bond acceptors (Lipinski definition) is 1. The number of amides is 2. The molecule has 0 aliphatic heterocycles. The Hall–Kier alpha value is -2.94. The molecule has 2 aromatic rings. The molecule has 0 aliphatic rings. The van der Waals surface area contributed by atoms with Crippen molar-refractivity contribution in [3.8, 4) is 11.8 Å². The molecule has 0 spiro atoms. The zero-order chi connectivity index (χ0) is 22.9. The second-order valence-corrected chi connectivity index (χ2v) is 7.16. The molecule has 0 saturated heterocycles. The molecule has 0 heterocycles. The summed E-state index contributed by atoms with van der Waals surface area (Å²) in [4.78, 5) is 16.6. The molecule has 0 saturated carbocycles. The maximum absolute atomic E-state index is 13.3. The van der Waals surface area contributed by atoms with Crippen molar-refractivity contribution in [1.29, 1.82) is 0 Å². The van der Waals surface area contributed by atoms with Gasteiger partial charge in [0.05, 0.1) is 17.8 Å². The minimum atomic E-state index is -4.39. The summed E-state index contributed by atoms with van der Waals surface area (Å²) < 4.78 is 38.7. The molecule has 3 nitrogen and oxygen atoms in total. The minimum Gasteiger partial charge on any atom is -0.325 e. The summed E-state index contributed by atoms with van der Waals surface area (Å²) in [5.74, 6) is 6.32. The summed E-state index contributed by atoms with van der Waals surface area (Å²) in [6, 6.07) is 12.1. The average molecular weight is 431 g/mol. The Morgan fingerprint density at radius 3 is 2.19 bits per heavy atom. The summed E-state index contributed by atoms with van der Waals surface area (Å²) in [6.07, 6.45) is -1.57. The van der Waals surface area contributed by atoms with Crippen LogP contribution in [0.1, 0.15) is 56.7 Å². The Morgan fingerprint density at radius 2 is 1.61 bits per heavy atom. The van der Waals surface area contributed by atoms with Gasteiger partial charge in [0.2, 0.25) is 0 Å². The number of nitrogens with zero attached hydrogens (tertiary/aromatic N) is 2. The molecule has 0 radical (unpaired) electrons. The maximum atomic E-state index is 13.3. The van der Waals surface area contributed by atoms with Gasteiger partial charge in [0.25, 0.3) is 0 Å². The van der Waals surface area contributed by atoms with Gasteiger partial charge in [0.1, 0.15) is 0 Å². The van der Waals surface area contributed by atoms with Gasteiger partial charge in [0, 0.05) is 25.1 Å². The number of hydrogen-bond donors (Lipinski definition) is 0. The largest absolute Gasteiger partial charge is 0.416 e. The van der Waals surface area contributed by atoms with Gasteiger partial charge in [-0.1, -0.05) is 49.5 Å². The van der Waals surface area contributed by atoms with Gasteiger partial charge in [-0.15, -0.1) is 0 Å². The van der Waals surface area contributed by atoms with E-state index < -0.39 is 11.7 Å². The third kappa shape index (κ3) is 6.78. The van der Waals surface area contributed by atoms with Gasteiger partial charge >= 0.3 is 12.2 Å². The van der Waals surface area contributed by atoms with Crippen molar-refractivity contribution in [2.45, 2.75) is 52.8 Å². The van der Waals surface area contributed by atoms with E-state index in [1.165, 1.54) is 12.1 Å². The molecule has 0 atom stereocenters. The summed E-state index contributed by atoms with van der Waals surface area (Å²) >= 11 is 0. The van der Waals surface area contributed by atoms with Crippen LogP contribution in [0.4, 0.5) is 23.7 Å². The number of para-hydroxylation sites is 1. The van der Waals surface area contributed by atoms with Crippen LogP contribution < -0.4 is 4.90 Å². The Balaban J connectivity index is 2.42. The number of unbranched alkanes of at least 4 members (excludes halogenated alkanes) is 2. The number of rotatable bonds is 7. The van der Waals surface area contributed by atoms with E-state index in [-0.39, 0.29) is 12.6 Å². The summed E-state index contributed by atoms with van der Waals surface area (Å²) in [7, 11) is 0. The van der Waals surface area contributed by atoms with Crippen LogP contribution in [-0.2, 0) is 12.7 Å². The van der Waals surface area contributed by atoms with Crippen LogP contribution in [0.3, 0.4) is 0 Å². The van der Waals surface area contributed by atoms with Gasteiger partial charge in [0.15, 0.2) is 0 Å². The molecule has 2 aromatic carbocycles. The molecular weight excluding hydrogens is 401 g/mol. The van der Waals surface area contributed by atoms with Gasteiger partial charge in [-0.3, -0.25) is 4.90 Å². The smallest absolute Gasteiger partial charge is 0.325 e. The standard InChI is InChI=1S/C25H29F3N2O/c1-4-7-8-9-12-21-13-10-11-14-23(21)30(24(31)29(5-2)6-3)19-20-15-17-22(18-16-20)25(26,27)28/h10-11,13-18H,4-8,19H2,1-3H3. The Bertz CT molecular complexity index is 907. The number of carbonyl (C=O) groups is 1. The van der Waals surface area contributed by atoms with E-state index in [2.05, 4.69) is 18.8 Å². The van der Waals surface area contributed by atoms with Gasteiger partial charge < -0.3 is 4.90 Å². The van der Waals surface area contributed by atoms with Crippen molar-refractivity contribution in [3.05, 3.63) is 65.2 Å². The molecule has 0 aromatic heterocycles. The van der Waals surface area contributed by atoms with E-state index in [0.29, 0.717) is 24.3 Å². The lowest BCUT2D eigenvalue weighted by Gasteiger charge is -2.30. The quantitative estimate of drug-likeness (QED) is 0.353. The second kappa shape index (κ2) is 11.5. The van der Waals surface area contributed by atoms with E-state index >= 15 is 0 Å². The SMILES string of the molecule is CCCCC#Cc1ccccc1N(Cc1ccc(C(F)(F)F)cc1)C(=O)N(CC)CC. The predicted molar refractivity (Wildman–Crippen MR) is 119 cm³/mol. The first kappa shape index (κ1) is 24.3. The Morgan fingerprint density at radius 1 is 0.968 bits per heavy atom. The Labute approximate surface area is 182 Å². The van der Waals surface area contributed by atoms with Crippen molar-refractivity contribution in [3.63, 3.8) is 0 Å². The fourth-order valence-electron chi connectivity index (χ4n) is 3.14. The Kier molecular flexibility index (Phi) is 8.99. The molecule has 0 N–H and O–H groups in total. The fraction of sp³-hybridized carbons (Fsp3) is 0.400. The molecular formula is C25H29F3N2O. The molecule has 0 aliphatic carbocycles. The van der Waals surface area contributed by atoms with Gasteiger partial charge in [-0.05, 0) is 50.1 Å². The van der Waals surface area contributed by atoms with Crippen molar-refractivity contribution in [2.24, 2.45) is 0 Å². The van der Waals surface area contributed by atoms with Gasteiger partial charge in [-0.25, -0.2) is 4.79 Å². The number of halogens is 3. The number of carbonyl (C=O) groups excluding carboxylic acids is 1. The second-order valence-electron chi connectivity index (χ2n) is 7.16. The summed E-state index contributed by atoms with van der Waals surface area (Å²) in [6.45, 7) is 7.11. The van der Waals surface area contributed by atoms with E-state index in [1.807, 2.05) is 38.1 Å². The fourth-order valence-corrected chi connectivity index (χ4v) is 3.14. The van der Waals surface area contributed by atoms with Crippen LogP contribution in [-0.4, -0.2) is 24.0 Å². The number of alkyl halides is 3. The van der Waals surface area contributed by atoms with Crippen LogP contribution in [0.5, 0.6) is 0 Å². The summed E-state index contributed by atoms with van der Waals surface area (Å²) in [5, 5.41) is 0. The molecule has 0 unspecified atom stereocenters. The molecule has 2 rings (SSSR count). The van der Waals surface area contributed by atoms with Crippen molar-refractivity contribution in [2.75, 3.05) is 18.0 Å². The number of benzene rings is 2. The highest BCUT2D eigenvalue weighted by molar-refractivity contribution is 5.93. The van der Waals surface area contributed by atoms with Crippen molar-refractivity contribution < 1.29 is 18.0 Å². The molecule has 166 valence electrons.